The number of hydrogen-bond donors (Lipinski definition) is 0. The van der Waals surface area contributed by atoms with Crippen molar-refractivity contribution < 1.29 is 9.72 Å². The Labute approximate surface area is 93.7 Å². The van der Waals surface area contributed by atoms with Crippen molar-refractivity contribution >= 4 is 11.5 Å². The van der Waals surface area contributed by atoms with Crippen molar-refractivity contribution in [3.05, 3.63) is 34.1 Å². The number of ketones is 1. The molecule has 0 saturated heterocycles. The van der Waals surface area contributed by atoms with Crippen LogP contribution < -0.4 is 0 Å². The van der Waals surface area contributed by atoms with E-state index >= 15 is 0 Å². The van der Waals surface area contributed by atoms with Crippen molar-refractivity contribution in [2.75, 3.05) is 0 Å². The van der Waals surface area contributed by atoms with E-state index in [1.807, 2.05) is 20.8 Å². The van der Waals surface area contributed by atoms with Crippen LogP contribution in [0.4, 0.5) is 5.69 Å². The van der Waals surface area contributed by atoms with Gasteiger partial charge in [0.1, 0.15) is 12.0 Å². The number of rotatable bonds is 3. The maximum absolute atomic E-state index is 11.7. The Bertz CT molecular complexity index is 404. The summed E-state index contributed by atoms with van der Waals surface area (Å²) in [5.41, 5.74) is 0.0844. The van der Waals surface area contributed by atoms with Crippen molar-refractivity contribution in [1.29, 1.82) is 0 Å². The van der Waals surface area contributed by atoms with E-state index in [0.29, 0.717) is 5.69 Å². The fraction of sp³-hybridized carbons (Fsp3) is 0.455. The zero-order valence-electron chi connectivity index (χ0n) is 9.56. The molecule has 0 fully saturated rings. The molecule has 86 valence electrons. The molecule has 1 heterocycles. The topological polar surface area (TPSA) is 73.1 Å². The first-order valence-electron chi connectivity index (χ1n) is 4.93. The van der Waals surface area contributed by atoms with E-state index in [0.717, 1.165) is 0 Å². The second kappa shape index (κ2) is 4.38. The molecule has 0 aromatic carbocycles. The summed E-state index contributed by atoms with van der Waals surface area (Å²) in [6.07, 6.45) is 1.38. The van der Waals surface area contributed by atoms with Gasteiger partial charge in [0, 0.05) is 23.6 Å². The van der Waals surface area contributed by atoms with E-state index in [2.05, 4.69) is 4.98 Å². The summed E-state index contributed by atoms with van der Waals surface area (Å²) in [7, 11) is 0. The number of carbonyl (C=O) groups is 1. The number of carbonyl (C=O) groups excluding carboxylic acids is 1. The lowest BCUT2D eigenvalue weighted by Gasteiger charge is -2.15. The first-order chi connectivity index (χ1) is 7.30. The minimum absolute atomic E-state index is 0.0630. The molecule has 0 saturated carbocycles. The number of nitro groups is 1. The van der Waals surface area contributed by atoms with Crippen molar-refractivity contribution in [2.24, 2.45) is 5.41 Å². The molecule has 0 amide bonds. The fourth-order valence-corrected chi connectivity index (χ4v) is 1.06. The molecule has 16 heavy (non-hydrogen) atoms. The van der Waals surface area contributed by atoms with Gasteiger partial charge < -0.3 is 0 Å². The van der Waals surface area contributed by atoms with E-state index < -0.39 is 10.3 Å². The highest BCUT2D eigenvalue weighted by Gasteiger charge is 2.21. The first kappa shape index (κ1) is 12.3. The zero-order chi connectivity index (χ0) is 12.3. The number of nitrogens with zero attached hydrogens (tertiary/aromatic N) is 2. The lowest BCUT2D eigenvalue weighted by atomic mass is 9.88. The molecular formula is C11H14N2O3. The van der Waals surface area contributed by atoms with Crippen LogP contribution >= 0.6 is 0 Å². The highest BCUT2D eigenvalue weighted by molar-refractivity contribution is 5.85. The fourth-order valence-electron chi connectivity index (χ4n) is 1.06. The van der Waals surface area contributed by atoms with E-state index in [1.165, 1.54) is 18.3 Å². The average molecular weight is 222 g/mol. The molecule has 5 nitrogen and oxygen atoms in total. The molecule has 1 aromatic rings. The summed E-state index contributed by atoms with van der Waals surface area (Å²) in [6, 6.07) is 2.88. The van der Waals surface area contributed by atoms with Crippen LogP contribution in [-0.2, 0) is 11.2 Å². The molecule has 0 aliphatic carbocycles. The molecule has 1 rings (SSSR count). The first-order valence-corrected chi connectivity index (χ1v) is 4.93. The van der Waals surface area contributed by atoms with Crippen LogP contribution in [0.1, 0.15) is 26.5 Å². The molecular weight excluding hydrogens is 208 g/mol. The normalized spacial score (nSPS) is 11.2. The van der Waals surface area contributed by atoms with Gasteiger partial charge in [-0.2, -0.15) is 0 Å². The molecule has 0 aliphatic heterocycles. The quantitative estimate of drug-likeness (QED) is 0.580. The average Bonchev–Trinajstić information content (AvgIpc) is 2.17. The summed E-state index contributed by atoms with van der Waals surface area (Å²) in [5.74, 6) is 0.0638. The predicted octanol–water partition coefficient (Wildman–Crippen LogP) is 2.15. The van der Waals surface area contributed by atoms with E-state index in [1.54, 1.807) is 0 Å². The SMILES string of the molecule is CC(C)(C)C(=O)Cc1ccc([N+](=O)[O-])cn1. The molecule has 0 bridgehead atoms. The van der Waals surface area contributed by atoms with Crippen molar-refractivity contribution in [1.82, 2.24) is 4.98 Å². The van der Waals surface area contributed by atoms with Crippen molar-refractivity contribution in [2.45, 2.75) is 27.2 Å². The Hall–Kier alpha value is -1.78. The summed E-state index contributed by atoms with van der Waals surface area (Å²) < 4.78 is 0. The van der Waals surface area contributed by atoms with Gasteiger partial charge in [-0.15, -0.1) is 0 Å². The van der Waals surface area contributed by atoms with Gasteiger partial charge in [0.2, 0.25) is 0 Å². The number of pyridine rings is 1. The Morgan fingerprint density at radius 3 is 2.44 bits per heavy atom. The Morgan fingerprint density at radius 2 is 2.06 bits per heavy atom. The maximum Gasteiger partial charge on any atom is 0.287 e. The summed E-state index contributed by atoms with van der Waals surface area (Å²) in [4.78, 5) is 25.5. The van der Waals surface area contributed by atoms with E-state index in [9.17, 15) is 14.9 Å². The molecule has 0 radical (unpaired) electrons. The Morgan fingerprint density at radius 1 is 1.44 bits per heavy atom. The number of Topliss-reactive ketones (excluding diaryl/α,β-unsaturated/α-hetero) is 1. The third-order valence-electron chi connectivity index (χ3n) is 2.20. The minimum atomic E-state index is -0.512. The van der Waals surface area contributed by atoms with Crippen molar-refractivity contribution in [3.63, 3.8) is 0 Å². The van der Waals surface area contributed by atoms with E-state index in [4.69, 9.17) is 0 Å². The summed E-state index contributed by atoms with van der Waals surface area (Å²) in [6.45, 7) is 5.50. The molecule has 0 unspecified atom stereocenters. The number of aromatic nitrogens is 1. The minimum Gasteiger partial charge on any atom is -0.299 e. The molecule has 0 atom stereocenters. The second-order valence-corrected chi connectivity index (χ2v) is 4.61. The zero-order valence-corrected chi connectivity index (χ0v) is 9.56. The van der Waals surface area contributed by atoms with Crippen LogP contribution in [0.25, 0.3) is 0 Å². The van der Waals surface area contributed by atoms with Crippen LogP contribution in [0.3, 0.4) is 0 Å². The highest BCUT2D eigenvalue weighted by atomic mass is 16.6. The standard InChI is InChI=1S/C11H14N2O3/c1-11(2,3)10(14)6-8-4-5-9(7-12-8)13(15)16/h4-5,7H,6H2,1-3H3. The van der Waals surface area contributed by atoms with Gasteiger partial charge in [-0.3, -0.25) is 19.9 Å². The summed E-state index contributed by atoms with van der Waals surface area (Å²) >= 11 is 0. The lowest BCUT2D eigenvalue weighted by molar-refractivity contribution is -0.385. The van der Waals surface area contributed by atoms with Gasteiger partial charge in [0.25, 0.3) is 5.69 Å². The van der Waals surface area contributed by atoms with Gasteiger partial charge in [-0.05, 0) is 6.07 Å². The van der Waals surface area contributed by atoms with Crippen molar-refractivity contribution in [3.8, 4) is 0 Å². The molecule has 0 aliphatic rings. The van der Waals surface area contributed by atoms with Gasteiger partial charge in [0.05, 0.1) is 4.92 Å². The Balaban J connectivity index is 2.77. The molecule has 0 spiro atoms. The van der Waals surface area contributed by atoms with Gasteiger partial charge in [-0.1, -0.05) is 20.8 Å². The molecule has 5 heteroatoms. The van der Waals surface area contributed by atoms with E-state index in [-0.39, 0.29) is 17.9 Å². The molecule has 0 N–H and O–H groups in total. The smallest absolute Gasteiger partial charge is 0.287 e. The predicted molar refractivity (Wildman–Crippen MR) is 59.1 cm³/mol. The van der Waals surface area contributed by atoms with Crippen LogP contribution in [0.15, 0.2) is 18.3 Å². The van der Waals surface area contributed by atoms with Crippen LogP contribution in [0, 0.1) is 15.5 Å². The Kier molecular flexibility index (Phi) is 3.37. The van der Waals surface area contributed by atoms with Crippen LogP contribution in [0.2, 0.25) is 0 Å². The van der Waals surface area contributed by atoms with Crippen LogP contribution in [0.5, 0.6) is 0 Å². The largest absolute Gasteiger partial charge is 0.299 e. The third kappa shape index (κ3) is 3.12. The maximum atomic E-state index is 11.7. The summed E-state index contributed by atoms with van der Waals surface area (Å²) in [5, 5.41) is 10.4. The van der Waals surface area contributed by atoms with Gasteiger partial charge in [-0.25, -0.2) is 0 Å². The third-order valence-corrected chi connectivity index (χ3v) is 2.20. The van der Waals surface area contributed by atoms with Gasteiger partial charge >= 0.3 is 0 Å². The monoisotopic (exact) mass is 222 g/mol. The molecule has 1 aromatic heterocycles. The van der Waals surface area contributed by atoms with Gasteiger partial charge in [0.15, 0.2) is 0 Å². The highest BCUT2D eigenvalue weighted by Crippen LogP contribution is 2.18. The number of hydrogen-bond acceptors (Lipinski definition) is 4. The lowest BCUT2D eigenvalue weighted by Crippen LogP contribution is -2.22. The second-order valence-electron chi connectivity index (χ2n) is 4.61. The van der Waals surface area contributed by atoms with Crippen LogP contribution in [-0.4, -0.2) is 15.7 Å².